The summed E-state index contributed by atoms with van der Waals surface area (Å²) in [5.41, 5.74) is 2.42. The number of hydrogen-bond acceptors (Lipinski definition) is 7. The first kappa shape index (κ1) is 27.3. The molecule has 198 valence electrons. The fraction of sp³-hybridized carbons (Fsp3) is 0.407. The van der Waals surface area contributed by atoms with Crippen molar-refractivity contribution in [1.29, 1.82) is 0 Å². The van der Waals surface area contributed by atoms with Crippen LogP contribution >= 0.6 is 23.2 Å². The number of piperazine rings is 1. The van der Waals surface area contributed by atoms with Gasteiger partial charge in [0.1, 0.15) is 18.2 Å². The van der Waals surface area contributed by atoms with E-state index in [0.29, 0.717) is 34.6 Å². The molecular weight excluding hydrogens is 515 g/mol. The van der Waals surface area contributed by atoms with Crippen LogP contribution in [0.3, 0.4) is 0 Å². The molecule has 3 aromatic rings. The molecule has 1 atom stereocenters. The van der Waals surface area contributed by atoms with E-state index in [1.165, 1.54) is 0 Å². The van der Waals surface area contributed by atoms with Crippen LogP contribution in [0.1, 0.15) is 34.8 Å². The van der Waals surface area contributed by atoms with Gasteiger partial charge >= 0.3 is 5.97 Å². The maximum absolute atomic E-state index is 12.1. The van der Waals surface area contributed by atoms with E-state index in [2.05, 4.69) is 26.9 Å². The van der Waals surface area contributed by atoms with E-state index in [4.69, 9.17) is 37.8 Å². The number of imidazole rings is 1. The average molecular weight is 547 g/mol. The normalized spacial score (nSPS) is 16.1. The van der Waals surface area contributed by atoms with Crippen LogP contribution in [0.4, 0.5) is 5.69 Å². The lowest BCUT2D eigenvalue weighted by Gasteiger charge is -2.43. The molecule has 0 aliphatic carbocycles. The molecule has 1 N–H and O–H groups in total. The number of nitrogens with zero attached hydrogens (tertiary/aromatic N) is 4. The summed E-state index contributed by atoms with van der Waals surface area (Å²) in [6.07, 6.45) is 1.76. The molecular formula is C27H32Cl2N4O4. The summed E-state index contributed by atoms with van der Waals surface area (Å²) in [7, 11) is 0. The third-order valence-electron chi connectivity index (χ3n) is 6.43. The molecule has 0 amide bonds. The number of carbonyl (C=O) groups is 1. The number of aliphatic hydroxyl groups excluding tert-OH is 1. The van der Waals surface area contributed by atoms with Gasteiger partial charge in [-0.15, -0.1) is 0 Å². The molecule has 1 aliphatic heterocycles. The number of benzene rings is 2. The van der Waals surface area contributed by atoms with Gasteiger partial charge in [0.25, 0.3) is 0 Å². The molecule has 1 fully saturated rings. The first-order valence-corrected chi connectivity index (χ1v) is 13.1. The zero-order valence-corrected chi connectivity index (χ0v) is 22.6. The van der Waals surface area contributed by atoms with Crippen LogP contribution in [0.2, 0.25) is 10.0 Å². The number of halogens is 2. The Morgan fingerprint density at radius 1 is 1.14 bits per heavy atom. The standard InChI is InChI=1S/C27H32Cl2N4O4/c1-3-36-27(35)24-17-32(19(2)30-24)12-10-31-11-13-33(26(18-31)20-4-6-21(28)7-5-20)25-9-8-22(16-23(25)29)37-15-14-34/h4-9,16-17,26,34H,3,10-15,18H2,1-2H3. The summed E-state index contributed by atoms with van der Waals surface area (Å²) >= 11 is 12.9. The minimum atomic E-state index is -0.398. The minimum Gasteiger partial charge on any atom is -0.491 e. The summed E-state index contributed by atoms with van der Waals surface area (Å²) < 4.78 is 12.6. The first-order valence-electron chi connectivity index (χ1n) is 12.4. The number of carbonyl (C=O) groups excluding carboxylic acids is 1. The van der Waals surface area contributed by atoms with Gasteiger partial charge in [0.2, 0.25) is 0 Å². The molecule has 10 heteroatoms. The third kappa shape index (κ3) is 6.76. The summed E-state index contributed by atoms with van der Waals surface area (Å²) in [6.45, 7) is 8.11. The van der Waals surface area contributed by atoms with Gasteiger partial charge in [-0.25, -0.2) is 9.78 Å². The van der Waals surface area contributed by atoms with Crippen molar-refractivity contribution in [2.24, 2.45) is 0 Å². The number of aromatic nitrogens is 2. The second-order valence-corrected chi connectivity index (χ2v) is 9.68. The Morgan fingerprint density at radius 2 is 1.92 bits per heavy atom. The van der Waals surface area contributed by atoms with E-state index in [1.54, 1.807) is 19.2 Å². The van der Waals surface area contributed by atoms with Gasteiger partial charge in [0.15, 0.2) is 5.69 Å². The fourth-order valence-corrected chi connectivity index (χ4v) is 4.97. The highest BCUT2D eigenvalue weighted by Crippen LogP contribution is 2.37. The Hall–Kier alpha value is -2.78. The molecule has 0 saturated carbocycles. The van der Waals surface area contributed by atoms with E-state index in [0.717, 1.165) is 43.3 Å². The van der Waals surface area contributed by atoms with Gasteiger partial charge in [-0.05, 0) is 43.7 Å². The van der Waals surface area contributed by atoms with Crippen molar-refractivity contribution in [3.8, 4) is 5.75 Å². The van der Waals surface area contributed by atoms with Crippen molar-refractivity contribution in [2.75, 3.05) is 50.9 Å². The van der Waals surface area contributed by atoms with Gasteiger partial charge in [0.05, 0.1) is 30.0 Å². The second kappa shape index (κ2) is 12.6. The Morgan fingerprint density at radius 3 is 2.62 bits per heavy atom. The number of esters is 1. The van der Waals surface area contributed by atoms with E-state index >= 15 is 0 Å². The van der Waals surface area contributed by atoms with Crippen LogP contribution in [0.15, 0.2) is 48.7 Å². The van der Waals surface area contributed by atoms with Crippen molar-refractivity contribution in [1.82, 2.24) is 14.5 Å². The van der Waals surface area contributed by atoms with Crippen LogP contribution in [0.25, 0.3) is 0 Å². The van der Waals surface area contributed by atoms with Gasteiger partial charge < -0.3 is 24.0 Å². The monoisotopic (exact) mass is 546 g/mol. The molecule has 1 aromatic heterocycles. The molecule has 0 spiro atoms. The Balaban J connectivity index is 1.50. The van der Waals surface area contributed by atoms with E-state index in [-0.39, 0.29) is 19.3 Å². The Kier molecular flexibility index (Phi) is 9.32. The van der Waals surface area contributed by atoms with Crippen LogP contribution in [0, 0.1) is 6.92 Å². The molecule has 1 saturated heterocycles. The Bertz CT molecular complexity index is 1200. The SMILES string of the molecule is CCOC(=O)c1cn(CCN2CCN(c3ccc(OCCO)cc3Cl)C(c3ccc(Cl)cc3)C2)c(C)n1. The number of aryl methyl sites for hydroxylation is 1. The molecule has 0 bridgehead atoms. The molecule has 2 heterocycles. The molecule has 4 rings (SSSR count). The summed E-state index contributed by atoms with van der Waals surface area (Å²) in [6, 6.07) is 13.6. The fourth-order valence-electron chi connectivity index (χ4n) is 4.56. The summed E-state index contributed by atoms with van der Waals surface area (Å²) in [5, 5.41) is 10.3. The minimum absolute atomic E-state index is 0.0529. The molecule has 2 aromatic carbocycles. The average Bonchev–Trinajstić information content (AvgIpc) is 3.27. The third-order valence-corrected chi connectivity index (χ3v) is 6.98. The van der Waals surface area contributed by atoms with Gasteiger partial charge in [-0.1, -0.05) is 35.3 Å². The lowest BCUT2D eigenvalue weighted by atomic mass is 10.0. The Labute approximate surface area is 227 Å². The maximum atomic E-state index is 12.1. The lowest BCUT2D eigenvalue weighted by molar-refractivity contribution is 0.0520. The summed E-state index contributed by atoms with van der Waals surface area (Å²) in [5.74, 6) is 1.01. The number of anilines is 1. The quantitative estimate of drug-likeness (QED) is 0.372. The number of hydrogen-bond donors (Lipinski definition) is 1. The van der Waals surface area contributed by atoms with Crippen LogP contribution in [0.5, 0.6) is 5.75 Å². The van der Waals surface area contributed by atoms with E-state index in [1.807, 2.05) is 35.8 Å². The summed E-state index contributed by atoms with van der Waals surface area (Å²) in [4.78, 5) is 21.1. The zero-order chi connectivity index (χ0) is 26.4. The van der Waals surface area contributed by atoms with Crippen molar-refractivity contribution < 1.29 is 19.4 Å². The van der Waals surface area contributed by atoms with Crippen LogP contribution in [-0.2, 0) is 11.3 Å². The topological polar surface area (TPSA) is 80.1 Å². The van der Waals surface area contributed by atoms with Gasteiger partial charge in [-0.3, -0.25) is 4.90 Å². The number of rotatable bonds is 10. The van der Waals surface area contributed by atoms with Crippen molar-refractivity contribution in [3.05, 3.63) is 75.8 Å². The van der Waals surface area contributed by atoms with Crippen LogP contribution in [-0.4, -0.2) is 71.5 Å². The van der Waals surface area contributed by atoms with Gasteiger partial charge in [0, 0.05) is 50.0 Å². The van der Waals surface area contributed by atoms with Crippen molar-refractivity contribution >= 4 is 34.9 Å². The molecule has 1 unspecified atom stereocenters. The predicted octanol–water partition coefficient (Wildman–Crippen LogP) is 4.61. The second-order valence-electron chi connectivity index (χ2n) is 8.83. The highest BCUT2D eigenvalue weighted by Gasteiger charge is 2.30. The lowest BCUT2D eigenvalue weighted by Crippen LogP contribution is -2.49. The van der Waals surface area contributed by atoms with E-state index in [9.17, 15) is 4.79 Å². The number of aliphatic hydroxyl groups is 1. The van der Waals surface area contributed by atoms with Crippen molar-refractivity contribution in [2.45, 2.75) is 26.4 Å². The molecule has 0 radical (unpaired) electrons. The number of ether oxygens (including phenoxy) is 2. The van der Waals surface area contributed by atoms with Crippen LogP contribution < -0.4 is 9.64 Å². The highest BCUT2D eigenvalue weighted by molar-refractivity contribution is 6.33. The first-order chi connectivity index (χ1) is 17.9. The van der Waals surface area contributed by atoms with Crippen molar-refractivity contribution in [3.63, 3.8) is 0 Å². The van der Waals surface area contributed by atoms with E-state index < -0.39 is 5.97 Å². The predicted molar refractivity (Wildman–Crippen MR) is 145 cm³/mol. The smallest absolute Gasteiger partial charge is 0.358 e. The zero-order valence-electron chi connectivity index (χ0n) is 21.1. The molecule has 1 aliphatic rings. The highest BCUT2D eigenvalue weighted by atomic mass is 35.5. The molecule has 37 heavy (non-hydrogen) atoms. The van der Waals surface area contributed by atoms with Gasteiger partial charge in [-0.2, -0.15) is 0 Å². The largest absolute Gasteiger partial charge is 0.491 e. The molecule has 8 nitrogen and oxygen atoms in total. The maximum Gasteiger partial charge on any atom is 0.358 e.